The molecule has 3 aromatic rings. The minimum atomic E-state index is 0.703. The molecule has 0 aliphatic heterocycles. The molecular weight excluding hydrogens is 349 g/mol. The van der Waals surface area contributed by atoms with Crippen LogP contribution in [0.3, 0.4) is 0 Å². The van der Waals surface area contributed by atoms with Crippen molar-refractivity contribution in [2.45, 2.75) is 0 Å². The molecule has 0 aliphatic carbocycles. The fraction of sp³-hybridized carbons (Fsp3) is 0. The van der Waals surface area contributed by atoms with Gasteiger partial charge in [-0.25, -0.2) is 4.98 Å². The molecule has 17 heavy (non-hydrogen) atoms. The summed E-state index contributed by atoms with van der Waals surface area (Å²) in [5.41, 5.74) is 2.62. The second kappa shape index (κ2) is 4.27. The van der Waals surface area contributed by atoms with Crippen LogP contribution in [0.2, 0.25) is 5.02 Å². The third-order valence-electron chi connectivity index (χ3n) is 2.50. The largest absolute Gasteiger partial charge is 0.291 e. The van der Waals surface area contributed by atoms with Crippen molar-refractivity contribution in [1.29, 1.82) is 0 Å². The lowest BCUT2D eigenvalue weighted by atomic mass is 10.2. The van der Waals surface area contributed by atoms with Crippen LogP contribution in [0.4, 0.5) is 0 Å². The molecule has 0 atom stereocenters. The van der Waals surface area contributed by atoms with Crippen LogP contribution in [0.25, 0.3) is 16.9 Å². The van der Waals surface area contributed by atoms with Gasteiger partial charge in [-0.1, -0.05) is 29.8 Å². The first-order valence-corrected chi connectivity index (χ1v) is 6.45. The zero-order valence-electron chi connectivity index (χ0n) is 8.64. The number of benzene rings is 1. The van der Waals surface area contributed by atoms with E-state index < -0.39 is 0 Å². The summed E-state index contributed by atoms with van der Waals surface area (Å²) in [6, 6.07) is 7.68. The maximum absolute atomic E-state index is 6.16. The molecule has 84 valence electrons. The van der Waals surface area contributed by atoms with Gasteiger partial charge in [0.05, 0.1) is 23.1 Å². The smallest absolute Gasteiger partial charge is 0.156 e. The van der Waals surface area contributed by atoms with Crippen molar-refractivity contribution in [3.63, 3.8) is 0 Å². The van der Waals surface area contributed by atoms with Crippen molar-refractivity contribution in [2.24, 2.45) is 0 Å². The van der Waals surface area contributed by atoms with Crippen molar-refractivity contribution in [3.8, 4) is 11.3 Å². The van der Waals surface area contributed by atoms with Gasteiger partial charge < -0.3 is 0 Å². The van der Waals surface area contributed by atoms with E-state index in [0.717, 1.165) is 20.6 Å². The molecule has 0 bridgehead atoms. The van der Waals surface area contributed by atoms with Gasteiger partial charge in [-0.2, -0.15) is 0 Å². The fourth-order valence-corrected chi connectivity index (χ4v) is 2.43. The molecule has 2 heterocycles. The molecule has 0 radical (unpaired) electrons. The highest BCUT2D eigenvalue weighted by Gasteiger charge is 2.07. The number of hydrogen-bond acceptors (Lipinski definition) is 2. The Labute approximate surface area is 117 Å². The maximum Gasteiger partial charge on any atom is 0.156 e. The van der Waals surface area contributed by atoms with Crippen LogP contribution in [0.1, 0.15) is 0 Å². The predicted molar refractivity (Wildman–Crippen MR) is 76.2 cm³/mol. The van der Waals surface area contributed by atoms with E-state index >= 15 is 0 Å². The van der Waals surface area contributed by atoms with Crippen LogP contribution < -0.4 is 0 Å². The highest BCUT2D eigenvalue weighted by atomic mass is 127. The third kappa shape index (κ3) is 1.91. The number of rotatable bonds is 1. The van der Waals surface area contributed by atoms with Gasteiger partial charge in [0.25, 0.3) is 0 Å². The van der Waals surface area contributed by atoms with Gasteiger partial charge in [-0.3, -0.25) is 9.38 Å². The minimum Gasteiger partial charge on any atom is -0.291 e. The van der Waals surface area contributed by atoms with Gasteiger partial charge in [0.1, 0.15) is 3.70 Å². The molecule has 5 heteroatoms. The molecule has 2 aromatic heterocycles. The van der Waals surface area contributed by atoms with E-state index in [2.05, 4.69) is 32.6 Å². The molecule has 0 spiro atoms. The molecule has 0 unspecified atom stereocenters. The lowest BCUT2D eigenvalue weighted by Crippen LogP contribution is -1.92. The SMILES string of the molecule is Clc1ccccc1-c1cn2c(I)cnc2cn1. The summed E-state index contributed by atoms with van der Waals surface area (Å²) in [6.07, 6.45) is 5.51. The Morgan fingerprint density at radius 2 is 1.94 bits per heavy atom. The average Bonchev–Trinajstić information content (AvgIpc) is 2.71. The first-order valence-electron chi connectivity index (χ1n) is 4.99. The summed E-state index contributed by atoms with van der Waals surface area (Å²) < 4.78 is 3.04. The van der Waals surface area contributed by atoms with Gasteiger partial charge in [-0.05, 0) is 28.7 Å². The molecule has 0 amide bonds. The average molecular weight is 356 g/mol. The van der Waals surface area contributed by atoms with Gasteiger partial charge in [-0.15, -0.1) is 0 Å². The second-order valence-electron chi connectivity index (χ2n) is 3.56. The monoisotopic (exact) mass is 355 g/mol. The van der Waals surface area contributed by atoms with Gasteiger partial charge >= 0.3 is 0 Å². The number of halogens is 2. The first kappa shape index (κ1) is 11.0. The Hall–Kier alpha value is -1.14. The Morgan fingerprint density at radius 3 is 2.76 bits per heavy atom. The van der Waals surface area contributed by atoms with E-state index in [1.165, 1.54) is 0 Å². The van der Waals surface area contributed by atoms with Gasteiger partial charge in [0.2, 0.25) is 0 Å². The zero-order valence-corrected chi connectivity index (χ0v) is 11.6. The van der Waals surface area contributed by atoms with Crippen molar-refractivity contribution >= 4 is 39.8 Å². The van der Waals surface area contributed by atoms with Gasteiger partial charge in [0, 0.05) is 11.8 Å². The first-order chi connectivity index (χ1) is 8.25. The minimum absolute atomic E-state index is 0.703. The molecule has 0 saturated heterocycles. The lowest BCUT2D eigenvalue weighted by molar-refractivity contribution is 1.11. The number of nitrogens with zero attached hydrogens (tertiary/aromatic N) is 3. The van der Waals surface area contributed by atoms with Crippen LogP contribution >= 0.6 is 34.2 Å². The number of hydrogen-bond donors (Lipinski definition) is 0. The van der Waals surface area contributed by atoms with E-state index in [1.54, 1.807) is 6.20 Å². The van der Waals surface area contributed by atoms with Crippen LogP contribution in [-0.4, -0.2) is 14.4 Å². The zero-order chi connectivity index (χ0) is 11.8. The molecule has 1 aromatic carbocycles. The topological polar surface area (TPSA) is 30.2 Å². The van der Waals surface area contributed by atoms with E-state index in [1.807, 2.05) is 41.1 Å². The molecule has 3 rings (SSSR count). The summed E-state index contributed by atoms with van der Waals surface area (Å²) in [7, 11) is 0. The highest BCUT2D eigenvalue weighted by molar-refractivity contribution is 14.1. The molecule has 0 fully saturated rings. The molecular formula is C12H7ClIN3. The van der Waals surface area contributed by atoms with Crippen molar-refractivity contribution < 1.29 is 0 Å². The van der Waals surface area contributed by atoms with Gasteiger partial charge in [0.15, 0.2) is 5.65 Å². The molecule has 0 saturated carbocycles. The number of fused-ring (bicyclic) bond motifs is 1. The van der Waals surface area contributed by atoms with Crippen LogP contribution in [0.5, 0.6) is 0 Å². The standard InChI is InChI=1S/C12H7ClIN3/c13-9-4-2-1-3-8(9)10-7-17-11(14)5-16-12(17)6-15-10/h1-7H. The van der Waals surface area contributed by atoms with E-state index in [9.17, 15) is 0 Å². The predicted octanol–water partition coefficient (Wildman–Crippen LogP) is 3.65. The Morgan fingerprint density at radius 1 is 1.12 bits per heavy atom. The van der Waals surface area contributed by atoms with Crippen LogP contribution in [0.15, 0.2) is 42.9 Å². The van der Waals surface area contributed by atoms with Crippen LogP contribution in [-0.2, 0) is 0 Å². The van der Waals surface area contributed by atoms with Crippen molar-refractivity contribution in [2.75, 3.05) is 0 Å². The van der Waals surface area contributed by atoms with E-state index in [4.69, 9.17) is 11.6 Å². The number of aromatic nitrogens is 3. The summed E-state index contributed by atoms with van der Waals surface area (Å²) >= 11 is 8.39. The van der Waals surface area contributed by atoms with E-state index in [-0.39, 0.29) is 0 Å². The maximum atomic E-state index is 6.16. The molecule has 0 N–H and O–H groups in total. The third-order valence-corrected chi connectivity index (χ3v) is 3.63. The van der Waals surface area contributed by atoms with E-state index in [0.29, 0.717) is 5.02 Å². The second-order valence-corrected chi connectivity index (χ2v) is 5.07. The summed E-state index contributed by atoms with van der Waals surface area (Å²) in [5.74, 6) is 0. The Balaban J connectivity index is 2.24. The Kier molecular flexibility index (Phi) is 2.76. The highest BCUT2D eigenvalue weighted by Crippen LogP contribution is 2.26. The molecule has 3 nitrogen and oxygen atoms in total. The van der Waals surface area contributed by atoms with Crippen molar-refractivity contribution in [3.05, 3.63) is 51.6 Å². The summed E-state index contributed by atoms with van der Waals surface area (Å²) in [6.45, 7) is 0. The number of imidazole rings is 1. The lowest BCUT2D eigenvalue weighted by Gasteiger charge is -2.04. The van der Waals surface area contributed by atoms with Crippen molar-refractivity contribution in [1.82, 2.24) is 14.4 Å². The summed E-state index contributed by atoms with van der Waals surface area (Å²) in [5, 5.41) is 0.703. The Bertz CT molecular complexity index is 693. The quantitative estimate of drug-likeness (QED) is 0.624. The normalized spacial score (nSPS) is 10.9. The molecule has 0 aliphatic rings. The van der Waals surface area contributed by atoms with Crippen LogP contribution in [0, 0.1) is 3.70 Å². The summed E-state index contributed by atoms with van der Waals surface area (Å²) in [4.78, 5) is 8.62. The fourth-order valence-electron chi connectivity index (χ4n) is 1.67.